The summed E-state index contributed by atoms with van der Waals surface area (Å²) in [6, 6.07) is 0. The molecule has 1 unspecified atom stereocenters. The number of hydrogen-bond acceptors (Lipinski definition) is 3. The number of ether oxygens (including phenoxy) is 1. The summed E-state index contributed by atoms with van der Waals surface area (Å²) in [5.41, 5.74) is -0.146. The third kappa shape index (κ3) is 11.9. The summed E-state index contributed by atoms with van der Waals surface area (Å²) < 4.78 is 5.77. The average molecular weight is 394 g/mol. The maximum absolute atomic E-state index is 9.21. The molecule has 0 spiro atoms. The van der Waals surface area contributed by atoms with E-state index in [-0.39, 0.29) is 12.1 Å². The number of aliphatic hydroxyl groups is 1. The van der Waals surface area contributed by atoms with Gasteiger partial charge in [-0.3, -0.25) is 0 Å². The molecule has 0 bridgehead atoms. The lowest BCUT2D eigenvalue weighted by Gasteiger charge is -2.20. The van der Waals surface area contributed by atoms with E-state index in [0.717, 1.165) is 25.2 Å². The topological polar surface area (TPSA) is 41.8 Å². The van der Waals surface area contributed by atoms with Crippen LogP contribution < -0.4 is 0 Å². The van der Waals surface area contributed by atoms with Crippen molar-refractivity contribution in [2.75, 3.05) is 13.2 Å². The molecular weight excluding hydrogens is 346 g/mol. The van der Waals surface area contributed by atoms with E-state index < -0.39 is 0 Å². The summed E-state index contributed by atoms with van der Waals surface area (Å²) in [6.07, 6.45) is 26.1. The van der Waals surface area contributed by atoms with Crippen LogP contribution in [-0.4, -0.2) is 29.8 Å². The first-order chi connectivity index (χ1) is 13.8. The molecule has 0 aromatic heterocycles. The highest BCUT2D eigenvalue weighted by molar-refractivity contribution is 5.78. The van der Waals surface area contributed by atoms with Gasteiger partial charge in [0.2, 0.25) is 0 Å². The molecule has 0 saturated carbocycles. The largest absolute Gasteiger partial charge is 0.478 e. The zero-order chi connectivity index (χ0) is 20.3. The van der Waals surface area contributed by atoms with Crippen molar-refractivity contribution < 1.29 is 9.84 Å². The molecule has 0 fully saturated rings. The molecule has 1 aliphatic rings. The van der Waals surface area contributed by atoms with Crippen LogP contribution in [0.15, 0.2) is 17.1 Å². The number of aliphatic hydroxyl groups excluding tert-OH is 1. The van der Waals surface area contributed by atoms with Gasteiger partial charge >= 0.3 is 0 Å². The lowest BCUT2D eigenvalue weighted by molar-refractivity contribution is 0.190. The predicted octanol–water partition coefficient (Wildman–Crippen LogP) is 7.37. The second kappa shape index (κ2) is 17.1. The third-order valence-electron chi connectivity index (χ3n) is 6.01. The maximum atomic E-state index is 9.21. The van der Waals surface area contributed by atoms with Crippen molar-refractivity contribution in [3.63, 3.8) is 0 Å². The van der Waals surface area contributed by atoms with Crippen molar-refractivity contribution in [3.05, 3.63) is 12.2 Å². The van der Waals surface area contributed by atoms with Gasteiger partial charge in [-0.2, -0.15) is 0 Å². The first-order valence-electron chi connectivity index (χ1n) is 12.2. The Kier molecular flexibility index (Phi) is 15.4. The Morgan fingerprint density at radius 2 is 1.43 bits per heavy atom. The van der Waals surface area contributed by atoms with Crippen molar-refractivity contribution in [2.45, 2.75) is 129 Å². The van der Waals surface area contributed by atoms with Crippen LogP contribution in [-0.2, 0) is 4.74 Å². The molecule has 0 saturated heterocycles. The van der Waals surface area contributed by atoms with Crippen LogP contribution in [0.2, 0.25) is 0 Å². The lowest BCUT2D eigenvalue weighted by atomic mass is 9.95. The molecular formula is C25H47NO2. The minimum atomic E-state index is -0.146. The number of nitrogens with zero attached hydrogens (tertiary/aromatic N) is 1. The molecule has 3 nitrogen and oxygen atoms in total. The number of rotatable bonds is 19. The zero-order valence-corrected chi connectivity index (χ0v) is 18.9. The fourth-order valence-corrected chi connectivity index (χ4v) is 3.89. The Bertz CT molecular complexity index is 419. The van der Waals surface area contributed by atoms with E-state index in [1.54, 1.807) is 0 Å². The van der Waals surface area contributed by atoms with E-state index >= 15 is 0 Å². The number of unbranched alkanes of at least 4 members (excludes halogenated alkanes) is 12. The quantitative estimate of drug-likeness (QED) is 0.184. The minimum absolute atomic E-state index is 0.146. The van der Waals surface area contributed by atoms with Gasteiger partial charge in [-0.1, -0.05) is 83.8 Å². The molecule has 0 amide bonds. The minimum Gasteiger partial charge on any atom is -0.478 e. The molecule has 28 heavy (non-hydrogen) atoms. The van der Waals surface area contributed by atoms with Gasteiger partial charge in [-0.25, -0.2) is 4.99 Å². The Hall–Kier alpha value is -0.830. The van der Waals surface area contributed by atoms with Crippen molar-refractivity contribution in [2.24, 2.45) is 4.99 Å². The van der Waals surface area contributed by atoms with Crippen LogP contribution in [0.4, 0.5) is 0 Å². The van der Waals surface area contributed by atoms with Crippen LogP contribution >= 0.6 is 0 Å². The van der Waals surface area contributed by atoms with Crippen LogP contribution in [0, 0.1) is 0 Å². The molecule has 1 heterocycles. The monoisotopic (exact) mass is 393 g/mol. The fraction of sp³-hybridized carbons (Fsp3) is 0.880. The summed E-state index contributed by atoms with van der Waals surface area (Å²) in [5.74, 6) is 0.922. The van der Waals surface area contributed by atoms with Gasteiger partial charge in [0.15, 0.2) is 5.90 Å². The van der Waals surface area contributed by atoms with E-state index in [0.29, 0.717) is 6.61 Å². The van der Waals surface area contributed by atoms with Crippen molar-refractivity contribution in [1.29, 1.82) is 0 Å². The van der Waals surface area contributed by atoms with E-state index in [4.69, 9.17) is 9.73 Å². The van der Waals surface area contributed by atoms with Gasteiger partial charge in [0.1, 0.15) is 12.1 Å². The predicted molar refractivity (Wildman–Crippen MR) is 122 cm³/mol. The molecule has 1 aliphatic heterocycles. The van der Waals surface area contributed by atoms with Crippen molar-refractivity contribution in [3.8, 4) is 0 Å². The number of hydrogen-bond donors (Lipinski definition) is 1. The molecule has 1 N–H and O–H groups in total. The van der Waals surface area contributed by atoms with Crippen LogP contribution in [0.1, 0.15) is 123 Å². The zero-order valence-electron chi connectivity index (χ0n) is 18.9. The smallest absolute Gasteiger partial charge is 0.183 e. The standard InChI is InChI=1S/C25H47NO2/c1-3-5-6-7-8-9-10-11-12-13-14-15-16-17-18-19-20-24-26-25(4-2,21-22-27)23-28-24/h11-12,27H,3-10,13-23H2,1-2H3. The summed E-state index contributed by atoms with van der Waals surface area (Å²) in [6.45, 7) is 5.27. The Balaban J connectivity index is 1.88. The average Bonchev–Trinajstić information content (AvgIpc) is 3.11. The summed E-state index contributed by atoms with van der Waals surface area (Å²) in [7, 11) is 0. The number of aliphatic imine (C=N–C) groups is 1. The maximum Gasteiger partial charge on any atom is 0.183 e. The Morgan fingerprint density at radius 1 is 0.857 bits per heavy atom. The van der Waals surface area contributed by atoms with Gasteiger partial charge in [0.25, 0.3) is 0 Å². The molecule has 164 valence electrons. The molecule has 1 atom stereocenters. The second-order valence-corrected chi connectivity index (χ2v) is 8.53. The fourth-order valence-electron chi connectivity index (χ4n) is 3.89. The van der Waals surface area contributed by atoms with E-state index in [1.165, 1.54) is 89.9 Å². The first-order valence-corrected chi connectivity index (χ1v) is 12.2. The van der Waals surface area contributed by atoms with Gasteiger partial charge in [-0.05, 0) is 44.9 Å². The molecule has 0 radical (unpaired) electrons. The summed E-state index contributed by atoms with van der Waals surface area (Å²) in [4.78, 5) is 4.76. The third-order valence-corrected chi connectivity index (χ3v) is 6.01. The highest BCUT2D eigenvalue weighted by atomic mass is 16.5. The van der Waals surface area contributed by atoms with Gasteiger partial charge in [0, 0.05) is 13.0 Å². The van der Waals surface area contributed by atoms with E-state index in [1.807, 2.05) is 0 Å². The van der Waals surface area contributed by atoms with Crippen molar-refractivity contribution >= 4 is 5.90 Å². The molecule has 0 aliphatic carbocycles. The van der Waals surface area contributed by atoms with Gasteiger partial charge in [-0.15, -0.1) is 0 Å². The van der Waals surface area contributed by atoms with Crippen LogP contribution in [0.25, 0.3) is 0 Å². The second-order valence-electron chi connectivity index (χ2n) is 8.53. The Morgan fingerprint density at radius 3 is 2.00 bits per heavy atom. The van der Waals surface area contributed by atoms with Crippen LogP contribution in [0.5, 0.6) is 0 Å². The molecule has 1 rings (SSSR count). The van der Waals surface area contributed by atoms with Gasteiger partial charge < -0.3 is 9.84 Å². The molecule has 3 heteroatoms. The van der Waals surface area contributed by atoms with Crippen molar-refractivity contribution in [1.82, 2.24) is 0 Å². The SMILES string of the molecule is CCCCCCCCC=CCCCCCCCCC1=NC(CC)(CCO)CO1. The summed E-state index contributed by atoms with van der Waals surface area (Å²) in [5, 5.41) is 9.21. The van der Waals surface area contributed by atoms with E-state index in [2.05, 4.69) is 26.0 Å². The van der Waals surface area contributed by atoms with E-state index in [9.17, 15) is 5.11 Å². The van der Waals surface area contributed by atoms with Gasteiger partial charge in [0.05, 0.1) is 0 Å². The lowest BCUT2D eigenvalue weighted by Crippen LogP contribution is -2.28. The molecule has 0 aromatic rings. The normalized spacial score (nSPS) is 19.3. The summed E-state index contributed by atoms with van der Waals surface area (Å²) >= 11 is 0. The van der Waals surface area contributed by atoms with Crippen LogP contribution in [0.3, 0.4) is 0 Å². The highest BCUT2D eigenvalue weighted by Gasteiger charge is 2.33. The number of allylic oxidation sites excluding steroid dienone is 2. The molecule has 0 aromatic carbocycles. The first kappa shape index (κ1) is 25.2. The Labute approximate surface area is 175 Å². The highest BCUT2D eigenvalue weighted by Crippen LogP contribution is 2.27.